The standard InChI is InChI=1S/C9H16.Hs/c1-7-5-6-8(2)9(7,3)4;/h7H,1,5-6H2,2-4H3;/q-2;. The maximum atomic E-state index is 4.12. The SMILES string of the molecule is [CH2-]C1CC[C-](C)C1(C)C.[Hs]. The molecule has 1 heteroatoms. The summed E-state index contributed by atoms with van der Waals surface area (Å²) in [5.74, 6) is 2.28. The van der Waals surface area contributed by atoms with Gasteiger partial charge in [-0.2, -0.15) is 24.7 Å². The van der Waals surface area contributed by atoms with E-state index < -0.39 is 0 Å². The summed E-state index contributed by atoms with van der Waals surface area (Å²) >= 11 is 0. The summed E-state index contributed by atoms with van der Waals surface area (Å²) in [7, 11) is 0. The van der Waals surface area contributed by atoms with Gasteiger partial charge in [0.2, 0.25) is 0 Å². The third-order valence-corrected chi connectivity index (χ3v) is 2.99. The van der Waals surface area contributed by atoms with Crippen LogP contribution in [-0.2, 0) is 0 Å². The first-order valence-electron chi connectivity index (χ1n) is 3.71. The van der Waals surface area contributed by atoms with E-state index in [1.807, 2.05) is 0 Å². The zero-order valence-electron chi connectivity index (χ0n) is 7.41. The van der Waals surface area contributed by atoms with Crippen LogP contribution in [0.4, 0.5) is 0 Å². The average Bonchev–Trinajstić information content (AvgIpc) is 1.96. The molecule has 0 aromatic carbocycles. The smallest absolute Gasteiger partial charge is 0 e. The van der Waals surface area contributed by atoms with E-state index in [0.717, 1.165) is 0 Å². The molecule has 0 heterocycles. The van der Waals surface area contributed by atoms with Crippen LogP contribution >= 0.6 is 0 Å². The van der Waals surface area contributed by atoms with Crippen molar-refractivity contribution in [1.82, 2.24) is 0 Å². The van der Waals surface area contributed by atoms with Gasteiger partial charge in [-0.25, -0.2) is 0 Å². The molecule has 0 aromatic heterocycles. The van der Waals surface area contributed by atoms with Crippen molar-refractivity contribution < 1.29 is 0 Å². The molecule has 1 saturated carbocycles. The van der Waals surface area contributed by atoms with Crippen LogP contribution in [0.25, 0.3) is 0 Å². The van der Waals surface area contributed by atoms with Gasteiger partial charge in [0.25, 0.3) is 0 Å². The normalized spacial score (nSPS) is 31.8. The molecule has 1 fully saturated rings. The fourth-order valence-corrected chi connectivity index (χ4v) is 1.42. The van der Waals surface area contributed by atoms with Crippen molar-refractivity contribution in [2.45, 2.75) is 33.6 Å². The minimum Gasteiger partial charge on any atom is -0.342 e. The van der Waals surface area contributed by atoms with Crippen molar-refractivity contribution in [3.8, 4) is 0 Å². The van der Waals surface area contributed by atoms with E-state index in [1.165, 1.54) is 12.8 Å². The summed E-state index contributed by atoms with van der Waals surface area (Å²) in [4.78, 5) is 0. The molecule has 0 amide bonds. The molecule has 0 aliphatic heterocycles. The average molecular weight is 393 g/mol. The van der Waals surface area contributed by atoms with Crippen molar-refractivity contribution in [2.24, 2.45) is 11.3 Å². The molecule has 1 rings (SSSR count). The van der Waals surface area contributed by atoms with E-state index in [-0.39, 0.29) is 0 Å². The second-order valence-electron chi connectivity index (χ2n) is 3.74. The van der Waals surface area contributed by atoms with Gasteiger partial charge in [0.05, 0.1) is 0 Å². The van der Waals surface area contributed by atoms with Crippen LogP contribution < -0.4 is 0 Å². The van der Waals surface area contributed by atoms with Crippen molar-refractivity contribution in [3.05, 3.63) is 12.8 Å². The zero-order valence-corrected chi connectivity index (χ0v) is 13.9. The van der Waals surface area contributed by atoms with E-state index in [4.69, 9.17) is 0 Å². The molecule has 0 radical (unpaired) electrons. The second kappa shape index (κ2) is 2.32. The monoisotopic (exact) mass is 393 g/mol. The predicted molar refractivity (Wildman–Crippen MR) is 40.8 cm³/mol. The fourth-order valence-electron chi connectivity index (χ4n) is 1.42. The van der Waals surface area contributed by atoms with Gasteiger partial charge in [0.15, 0.2) is 0 Å². The maximum Gasteiger partial charge on any atom is 0 e. The van der Waals surface area contributed by atoms with Crippen LogP contribution in [0.15, 0.2) is 0 Å². The Bertz CT molecular complexity index is 95.3. The summed E-state index contributed by atoms with van der Waals surface area (Å²) in [6.07, 6.45) is 2.58. The molecule has 0 aromatic rings. The Balaban J connectivity index is 0.000000810. The van der Waals surface area contributed by atoms with Crippen molar-refractivity contribution in [1.29, 1.82) is 0 Å². The number of hydrogen-bond acceptors (Lipinski definition) is 0. The molecule has 0 N–H and O–H groups in total. The van der Waals surface area contributed by atoms with Gasteiger partial charge >= 0.3 is 0 Å². The first-order chi connectivity index (χ1) is 4.05. The fraction of sp³-hybridized carbons (Fsp3) is 0.778. The molecule has 1 unspecified atom stereocenters. The Kier molecular flexibility index (Phi) is 2.09. The predicted octanol–water partition coefficient (Wildman–Crippen LogP) is 2.85. The van der Waals surface area contributed by atoms with Gasteiger partial charge in [0, 0.05) is 0 Å². The Hall–Kier alpha value is -1.00. The molecule has 1 aliphatic rings. The molecular formula is C9H16Hs-2. The summed E-state index contributed by atoms with van der Waals surface area (Å²) in [6, 6.07) is 0. The molecule has 1 aliphatic carbocycles. The molecular weight excluding hydrogens is 377 g/mol. The first kappa shape index (κ1) is 9.00. The second-order valence-corrected chi connectivity index (χ2v) is 3.74. The maximum absolute atomic E-state index is 4.12. The van der Waals surface area contributed by atoms with E-state index in [0.29, 0.717) is 11.3 Å². The van der Waals surface area contributed by atoms with E-state index in [1.54, 1.807) is 5.92 Å². The largest absolute Gasteiger partial charge is 0.342 e. The molecule has 0 nitrogen and oxygen atoms in total. The molecule has 0 spiro atoms. The van der Waals surface area contributed by atoms with E-state index in [2.05, 4.69) is 27.7 Å². The summed E-state index contributed by atoms with van der Waals surface area (Å²) in [6.45, 7) is 11.0. The Labute approximate surface area is 58.7 Å². The van der Waals surface area contributed by atoms with Gasteiger partial charge in [-0.15, -0.1) is 6.42 Å². The van der Waals surface area contributed by atoms with Crippen LogP contribution in [0, 0.1) is 24.2 Å². The van der Waals surface area contributed by atoms with Gasteiger partial charge < -0.3 is 12.8 Å². The van der Waals surface area contributed by atoms with Crippen LogP contribution in [0.2, 0.25) is 0 Å². The van der Waals surface area contributed by atoms with Crippen LogP contribution in [0.3, 0.4) is 0 Å². The summed E-state index contributed by atoms with van der Waals surface area (Å²) < 4.78 is 0. The van der Waals surface area contributed by atoms with Crippen LogP contribution in [-0.4, -0.2) is 0 Å². The zero-order chi connectivity index (χ0) is 7.07. The third-order valence-electron chi connectivity index (χ3n) is 2.99. The van der Waals surface area contributed by atoms with E-state index >= 15 is 0 Å². The summed E-state index contributed by atoms with van der Waals surface area (Å²) in [5, 5.41) is 0. The summed E-state index contributed by atoms with van der Waals surface area (Å²) in [5.41, 5.74) is 0.417. The number of hydrogen-bond donors (Lipinski definition) is 0. The first-order valence-corrected chi connectivity index (χ1v) is 3.71. The van der Waals surface area contributed by atoms with Gasteiger partial charge in [-0.1, -0.05) is 13.8 Å². The van der Waals surface area contributed by atoms with Crippen LogP contribution in [0.1, 0.15) is 33.6 Å². The topological polar surface area (TPSA) is 0 Å². The molecule has 0 saturated heterocycles. The minimum atomic E-state index is 0. The number of rotatable bonds is 0. The Morgan fingerprint density at radius 3 is 2.10 bits per heavy atom. The quantitative estimate of drug-likeness (QED) is 0.556. The Morgan fingerprint density at radius 2 is 2.00 bits per heavy atom. The van der Waals surface area contributed by atoms with Crippen LogP contribution in [0.5, 0.6) is 0 Å². The molecule has 0 bridgehead atoms. The van der Waals surface area contributed by atoms with Crippen molar-refractivity contribution in [2.75, 3.05) is 0 Å². The third kappa shape index (κ3) is 0.984. The van der Waals surface area contributed by atoms with Gasteiger partial charge in [-0.05, 0) is 0 Å². The van der Waals surface area contributed by atoms with Gasteiger partial charge in [0.1, 0.15) is 0 Å². The van der Waals surface area contributed by atoms with Gasteiger partial charge in [-0.3, -0.25) is 0 Å². The molecule has 1 atom stereocenters. The van der Waals surface area contributed by atoms with Crippen molar-refractivity contribution >= 4 is 0 Å². The van der Waals surface area contributed by atoms with Crippen molar-refractivity contribution in [3.63, 3.8) is 0 Å². The minimum absolute atomic E-state index is 0. The van der Waals surface area contributed by atoms with E-state index in [9.17, 15) is 0 Å². The molecule has 56 valence electrons. The molecule has 10 heavy (non-hydrogen) atoms. The Morgan fingerprint density at radius 1 is 1.50 bits per heavy atom.